The Balaban J connectivity index is 3.23. The van der Waals surface area contributed by atoms with Crippen LogP contribution in [0.4, 0.5) is 4.79 Å². The standard InChI is InChI=1S/C3H5NOS/c1-4-3(5)6-2/h1H2,2H3. The van der Waals surface area contributed by atoms with Crippen molar-refractivity contribution >= 4 is 23.7 Å². The molecule has 0 fully saturated rings. The number of amides is 1. The second-order valence-electron chi connectivity index (χ2n) is 0.628. The third-order valence-electron chi connectivity index (χ3n) is 0.304. The molecule has 0 heterocycles. The summed E-state index contributed by atoms with van der Waals surface area (Å²) in [5.41, 5.74) is 0. The van der Waals surface area contributed by atoms with E-state index >= 15 is 0 Å². The van der Waals surface area contributed by atoms with E-state index in [0.717, 1.165) is 11.8 Å². The molecule has 0 aromatic rings. The summed E-state index contributed by atoms with van der Waals surface area (Å²) in [6.07, 6.45) is 1.66. The average molecular weight is 103 g/mol. The van der Waals surface area contributed by atoms with Crippen LogP contribution in [0.3, 0.4) is 0 Å². The molecule has 0 aliphatic rings. The molecule has 3 heteroatoms. The molecule has 0 aromatic carbocycles. The zero-order valence-corrected chi connectivity index (χ0v) is 4.29. The van der Waals surface area contributed by atoms with Gasteiger partial charge in [-0.25, -0.2) is 4.99 Å². The molecule has 0 aromatic heterocycles. The van der Waals surface area contributed by atoms with E-state index in [9.17, 15) is 4.79 Å². The summed E-state index contributed by atoms with van der Waals surface area (Å²) in [7, 11) is 0. The van der Waals surface area contributed by atoms with Gasteiger partial charge in [0.05, 0.1) is 0 Å². The Morgan fingerprint density at radius 2 is 2.50 bits per heavy atom. The highest BCUT2D eigenvalue weighted by atomic mass is 32.2. The average Bonchev–Trinajstić information content (AvgIpc) is 1.65. The summed E-state index contributed by atoms with van der Waals surface area (Å²) < 4.78 is 0. The van der Waals surface area contributed by atoms with Gasteiger partial charge in [-0.3, -0.25) is 4.79 Å². The van der Waals surface area contributed by atoms with Crippen molar-refractivity contribution in [2.24, 2.45) is 4.99 Å². The molecule has 2 nitrogen and oxygen atoms in total. The lowest BCUT2D eigenvalue weighted by molar-refractivity contribution is 0.267. The molecule has 0 rings (SSSR count). The van der Waals surface area contributed by atoms with E-state index in [4.69, 9.17) is 0 Å². The molecule has 0 saturated heterocycles. The molecule has 0 radical (unpaired) electrons. The Morgan fingerprint density at radius 1 is 2.00 bits per heavy atom. The Hall–Kier alpha value is -0.310. The molecule has 0 saturated carbocycles. The zero-order chi connectivity index (χ0) is 4.99. The third kappa shape index (κ3) is 1.96. The van der Waals surface area contributed by atoms with Gasteiger partial charge in [-0.15, -0.1) is 0 Å². The molecule has 0 aliphatic carbocycles. The van der Waals surface area contributed by atoms with Crippen LogP contribution in [0.1, 0.15) is 0 Å². The molecule has 1 amide bonds. The number of rotatable bonds is 0. The molecule has 0 unspecified atom stereocenters. The first-order chi connectivity index (χ1) is 2.81. The molecule has 0 bridgehead atoms. The first kappa shape index (κ1) is 5.69. The number of aliphatic imine (C=N–C) groups is 1. The van der Waals surface area contributed by atoms with Gasteiger partial charge in [0.15, 0.2) is 0 Å². The van der Waals surface area contributed by atoms with Crippen molar-refractivity contribution in [3.05, 3.63) is 0 Å². The van der Waals surface area contributed by atoms with E-state index in [1.807, 2.05) is 0 Å². The number of thioether (sulfide) groups is 1. The first-order valence-corrected chi connectivity index (χ1v) is 2.58. The molecule has 6 heavy (non-hydrogen) atoms. The number of carbonyl (C=O) groups is 1. The smallest absolute Gasteiger partial charge is 0.259 e. The fourth-order valence-electron chi connectivity index (χ4n) is 0.0645. The first-order valence-electron chi connectivity index (χ1n) is 1.36. The minimum Gasteiger partial charge on any atom is -0.259 e. The Labute approximate surface area is 40.6 Å². The van der Waals surface area contributed by atoms with E-state index < -0.39 is 0 Å². The third-order valence-corrected chi connectivity index (χ3v) is 0.782. The number of nitrogens with zero attached hydrogens (tertiary/aromatic N) is 1. The molecule has 0 spiro atoms. The van der Waals surface area contributed by atoms with Gasteiger partial charge in [0.1, 0.15) is 0 Å². The van der Waals surface area contributed by atoms with Gasteiger partial charge in [0.25, 0.3) is 0 Å². The highest BCUT2D eigenvalue weighted by Gasteiger charge is 1.84. The van der Waals surface area contributed by atoms with Crippen molar-refractivity contribution < 1.29 is 4.79 Å². The topological polar surface area (TPSA) is 29.4 Å². The summed E-state index contributed by atoms with van der Waals surface area (Å²) in [5, 5.41) is -0.227. The van der Waals surface area contributed by atoms with Crippen LogP contribution in [-0.4, -0.2) is 18.2 Å². The Kier molecular flexibility index (Phi) is 2.75. The minimum atomic E-state index is -0.227. The summed E-state index contributed by atoms with van der Waals surface area (Å²) in [6, 6.07) is 0. The second-order valence-corrected chi connectivity index (χ2v) is 1.39. The molecule has 0 aliphatic heterocycles. The van der Waals surface area contributed by atoms with Crippen LogP contribution in [0.25, 0.3) is 0 Å². The van der Waals surface area contributed by atoms with E-state index in [0.29, 0.717) is 0 Å². The van der Waals surface area contributed by atoms with Gasteiger partial charge in [0, 0.05) is 0 Å². The van der Waals surface area contributed by atoms with Gasteiger partial charge in [-0.05, 0) is 13.0 Å². The van der Waals surface area contributed by atoms with Gasteiger partial charge >= 0.3 is 5.24 Å². The lowest BCUT2D eigenvalue weighted by Gasteiger charge is -1.74. The molecule has 34 valence electrons. The van der Waals surface area contributed by atoms with Gasteiger partial charge in [0.2, 0.25) is 0 Å². The van der Waals surface area contributed by atoms with Gasteiger partial charge < -0.3 is 0 Å². The van der Waals surface area contributed by atoms with E-state index in [1.165, 1.54) is 0 Å². The van der Waals surface area contributed by atoms with Crippen molar-refractivity contribution in [3.63, 3.8) is 0 Å². The summed E-state index contributed by atoms with van der Waals surface area (Å²) in [5.74, 6) is 0. The number of hydrogen-bond donors (Lipinski definition) is 0. The Morgan fingerprint density at radius 3 is 2.50 bits per heavy atom. The predicted octanol–water partition coefficient (Wildman–Crippen LogP) is 1.17. The minimum absolute atomic E-state index is 0.227. The summed E-state index contributed by atoms with van der Waals surface area (Å²) in [6.45, 7) is 3.01. The SMILES string of the molecule is C=NC(=O)SC. The largest absolute Gasteiger partial charge is 0.303 e. The monoisotopic (exact) mass is 103 g/mol. The van der Waals surface area contributed by atoms with Crippen LogP contribution in [0, 0.1) is 0 Å². The van der Waals surface area contributed by atoms with E-state index in [1.54, 1.807) is 6.26 Å². The van der Waals surface area contributed by atoms with Crippen molar-refractivity contribution in [2.45, 2.75) is 0 Å². The number of hydrogen-bond acceptors (Lipinski definition) is 2. The maximum absolute atomic E-state index is 9.91. The van der Waals surface area contributed by atoms with Crippen molar-refractivity contribution in [2.75, 3.05) is 6.26 Å². The quantitative estimate of drug-likeness (QED) is 0.431. The maximum atomic E-state index is 9.91. The second kappa shape index (κ2) is 2.90. The normalized spacial score (nSPS) is 7.50. The molecular weight excluding hydrogens is 98.1 g/mol. The maximum Gasteiger partial charge on any atom is 0.303 e. The lowest BCUT2D eigenvalue weighted by Crippen LogP contribution is -1.73. The number of carbonyl (C=O) groups excluding carboxylic acids is 1. The zero-order valence-electron chi connectivity index (χ0n) is 3.47. The van der Waals surface area contributed by atoms with Crippen LogP contribution in [0.5, 0.6) is 0 Å². The van der Waals surface area contributed by atoms with Gasteiger partial charge in [-0.1, -0.05) is 11.8 Å². The summed E-state index contributed by atoms with van der Waals surface area (Å²) >= 11 is 1.06. The Bertz CT molecular complexity index is 71.2. The fourth-order valence-corrected chi connectivity index (χ4v) is 0.194. The highest BCUT2D eigenvalue weighted by molar-refractivity contribution is 8.13. The van der Waals surface area contributed by atoms with Crippen LogP contribution in [-0.2, 0) is 0 Å². The van der Waals surface area contributed by atoms with Crippen molar-refractivity contribution in [1.82, 2.24) is 0 Å². The van der Waals surface area contributed by atoms with Crippen LogP contribution >= 0.6 is 11.8 Å². The highest BCUT2D eigenvalue weighted by Crippen LogP contribution is 1.94. The van der Waals surface area contributed by atoms with E-state index in [-0.39, 0.29) is 5.24 Å². The molecule has 0 N–H and O–H groups in total. The van der Waals surface area contributed by atoms with Crippen LogP contribution in [0.2, 0.25) is 0 Å². The summed E-state index contributed by atoms with van der Waals surface area (Å²) in [4.78, 5) is 13.0. The predicted molar refractivity (Wildman–Crippen MR) is 28.5 cm³/mol. The van der Waals surface area contributed by atoms with E-state index in [2.05, 4.69) is 11.7 Å². The fraction of sp³-hybridized carbons (Fsp3) is 0.333. The molecule has 0 atom stereocenters. The van der Waals surface area contributed by atoms with Crippen LogP contribution < -0.4 is 0 Å². The van der Waals surface area contributed by atoms with Crippen LogP contribution in [0.15, 0.2) is 4.99 Å². The molecular formula is C3H5NOS. The van der Waals surface area contributed by atoms with Crippen molar-refractivity contribution in [3.8, 4) is 0 Å². The van der Waals surface area contributed by atoms with Crippen molar-refractivity contribution in [1.29, 1.82) is 0 Å². The lowest BCUT2D eigenvalue weighted by atomic mass is 11.3. The van der Waals surface area contributed by atoms with Gasteiger partial charge in [-0.2, -0.15) is 0 Å².